The molecule has 0 spiro atoms. The topological polar surface area (TPSA) is 67.6 Å². The molecule has 0 aliphatic carbocycles. The van der Waals surface area contributed by atoms with Crippen LogP contribution in [0.5, 0.6) is 0 Å². The molecule has 1 heterocycles. The van der Waals surface area contributed by atoms with E-state index in [4.69, 9.17) is 10.5 Å². The van der Waals surface area contributed by atoms with Crippen molar-refractivity contribution in [2.24, 2.45) is 0 Å². The molecule has 0 unspecified atom stereocenters. The van der Waals surface area contributed by atoms with Crippen LogP contribution >= 0.6 is 0 Å². The molecule has 0 radical (unpaired) electrons. The van der Waals surface area contributed by atoms with E-state index in [2.05, 4.69) is 10.2 Å². The van der Waals surface area contributed by atoms with Gasteiger partial charge in [0.1, 0.15) is 0 Å². The van der Waals surface area contributed by atoms with Gasteiger partial charge in [-0.15, -0.1) is 0 Å². The Morgan fingerprint density at radius 3 is 2.67 bits per heavy atom. The minimum Gasteiger partial charge on any atom is -0.398 e. The molecular formula is C14H19F2N3O2. The predicted octanol–water partition coefficient (Wildman–Crippen LogP) is 0.999. The van der Waals surface area contributed by atoms with Gasteiger partial charge in [0.25, 0.3) is 5.91 Å². The van der Waals surface area contributed by atoms with Crippen LogP contribution in [0.15, 0.2) is 12.1 Å². The first-order chi connectivity index (χ1) is 10.1. The number of halogens is 2. The average molecular weight is 299 g/mol. The zero-order chi connectivity index (χ0) is 15.2. The largest absolute Gasteiger partial charge is 0.398 e. The van der Waals surface area contributed by atoms with Gasteiger partial charge in [-0.25, -0.2) is 8.78 Å². The van der Waals surface area contributed by atoms with Crippen molar-refractivity contribution in [3.63, 3.8) is 0 Å². The Kier molecular flexibility index (Phi) is 5.46. The summed E-state index contributed by atoms with van der Waals surface area (Å²) in [6.45, 7) is 4.56. The van der Waals surface area contributed by atoms with Crippen LogP contribution in [0.3, 0.4) is 0 Å². The fourth-order valence-electron chi connectivity index (χ4n) is 2.18. The first-order valence-electron chi connectivity index (χ1n) is 6.91. The summed E-state index contributed by atoms with van der Waals surface area (Å²) < 4.78 is 31.3. The van der Waals surface area contributed by atoms with Gasteiger partial charge in [0, 0.05) is 31.4 Å². The highest BCUT2D eigenvalue weighted by atomic mass is 19.2. The fraction of sp³-hybridized carbons (Fsp3) is 0.500. The van der Waals surface area contributed by atoms with Crippen molar-refractivity contribution in [3.05, 3.63) is 29.3 Å². The van der Waals surface area contributed by atoms with Gasteiger partial charge in [0.2, 0.25) is 0 Å². The summed E-state index contributed by atoms with van der Waals surface area (Å²) in [6.07, 6.45) is 0.773. The predicted molar refractivity (Wildman–Crippen MR) is 75.0 cm³/mol. The SMILES string of the molecule is Nc1cc(F)c(F)cc1C(=O)NCCCN1CCOCC1. The van der Waals surface area contributed by atoms with Crippen molar-refractivity contribution in [3.8, 4) is 0 Å². The number of carbonyl (C=O) groups excluding carboxylic acids is 1. The number of ether oxygens (including phenoxy) is 1. The summed E-state index contributed by atoms with van der Waals surface area (Å²) in [6, 6.07) is 1.64. The number of hydrogen-bond acceptors (Lipinski definition) is 4. The number of hydrogen-bond donors (Lipinski definition) is 2. The molecule has 7 heteroatoms. The number of nitrogen functional groups attached to an aromatic ring is 1. The lowest BCUT2D eigenvalue weighted by Crippen LogP contribution is -2.38. The van der Waals surface area contributed by atoms with Gasteiger partial charge < -0.3 is 15.8 Å². The number of nitrogens with one attached hydrogen (secondary N) is 1. The molecule has 5 nitrogen and oxygen atoms in total. The standard InChI is InChI=1S/C14H19F2N3O2/c15-11-8-10(13(17)9-12(11)16)14(20)18-2-1-3-19-4-6-21-7-5-19/h8-9H,1-7,17H2,(H,18,20). The third kappa shape index (κ3) is 4.37. The van der Waals surface area contributed by atoms with Gasteiger partial charge in [-0.05, 0) is 19.0 Å². The number of morpholine rings is 1. The van der Waals surface area contributed by atoms with Gasteiger partial charge in [-0.2, -0.15) is 0 Å². The molecule has 1 aromatic rings. The highest BCUT2D eigenvalue weighted by Crippen LogP contribution is 2.16. The maximum atomic E-state index is 13.1. The number of anilines is 1. The minimum absolute atomic E-state index is 0.0414. The van der Waals surface area contributed by atoms with Gasteiger partial charge in [0.15, 0.2) is 11.6 Å². The van der Waals surface area contributed by atoms with E-state index < -0.39 is 17.5 Å². The quantitative estimate of drug-likeness (QED) is 0.629. The van der Waals surface area contributed by atoms with Crippen molar-refractivity contribution in [2.75, 3.05) is 45.1 Å². The molecule has 1 aliphatic heterocycles. The maximum Gasteiger partial charge on any atom is 0.253 e. The van der Waals surface area contributed by atoms with Crippen LogP contribution in [-0.2, 0) is 4.74 Å². The number of carbonyl (C=O) groups is 1. The minimum atomic E-state index is -1.08. The van der Waals surface area contributed by atoms with Crippen LogP contribution in [0, 0.1) is 11.6 Å². The number of rotatable bonds is 5. The van der Waals surface area contributed by atoms with Crippen LogP contribution in [0.25, 0.3) is 0 Å². The highest BCUT2D eigenvalue weighted by Gasteiger charge is 2.14. The van der Waals surface area contributed by atoms with Crippen LogP contribution in [-0.4, -0.2) is 50.2 Å². The van der Waals surface area contributed by atoms with Crippen molar-refractivity contribution >= 4 is 11.6 Å². The van der Waals surface area contributed by atoms with Crippen molar-refractivity contribution in [1.82, 2.24) is 10.2 Å². The molecule has 0 aromatic heterocycles. The molecule has 0 bridgehead atoms. The van der Waals surface area contributed by atoms with Gasteiger partial charge in [0.05, 0.1) is 18.8 Å². The second-order valence-electron chi connectivity index (χ2n) is 4.92. The fourth-order valence-corrected chi connectivity index (χ4v) is 2.18. The summed E-state index contributed by atoms with van der Waals surface area (Å²) in [5, 5.41) is 2.66. The van der Waals surface area contributed by atoms with Gasteiger partial charge in [-0.1, -0.05) is 0 Å². The summed E-state index contributed by atoms with van der Waals surface area (Å²) >= 11 is 0. The normalized spacial score (nSPS) is 15.9. The molecule has 1 fully saturated rings. The van der Waals surface area contributed by atoms with Crippen LogP contribution in [0.2, 0.25) is 0 Å². The van der Waals surface area contributed by atoms with E-state index >= 15 is 0 Å². The summed E-state index contributed by atoms with van der Waals surface area (Å²) in [7, 11) is 0. The number of amides is 1. The average Bonchev–Trinajstić information content (AvgIpc) is 2.48. The second-order valence-corrected chi connectivity index (χ2v) is 4.92. The Balaban J connectivity index is 1.78. The lowest BCUT2D eigenvalue weighted by molar-refractivity contribution is 0.0374. The number of nitrogens with zero attached hydrogens (tertiary/aromatic N) is 1. The number of nitrogens with two attached hydrogens (primary N) is 1. The Morgan fingerprint density at radius 2 is 1.95 bits per heavy atom. The Hall–Kier alpha value is -1.73. The molecule has 0 atom stereocenters. The molecule has 116 valence electrons. The van der Waals surface area contributed by atoms with E-state index in [1.807, 2.05) is 0 Å². The Labute approximate surface area is 122 Å². The third-order valence-corrected chi connectivity index (χ3v) is 3.38. The van der Waals surface area contributed by atoms with Gasteiger partial charge >= 0.3 is 0 Å². The first-order valence-corrected chi connectivity index (χ1v) is 6.91. The molecule has 0 saturated carbocycles. The molecule has 3 N–H and O–H groups in total. The summed E-state index contributed by atoms with van der Waals surface area (Å²) in [5.41, 5.74) is 5.41. The lowest BCUT2D eigenvalue weighted by atomic mass is 10.1. The zero-order valence-electron chi connectivity index (χ0n) is 11.7. The van der Waals surface area contributed by atoms with Crippen LogP contribution in [0.4, 0.5) is 14.5 Å². The van der Waals surface area contributed by atoms with E-state index in [0.717, 1.165) is 51.4 Å². The van der Waals surface area contributed by atoms with Crippen LogP contribution < -0.4 is 11.1 Å². The molecule has 1 aromatic carbocycles. The van der Waals surface area contributed by atoms with Gasteiger partial charge in [-0.3, -0.25) is 9.69 Å². The van der Waals surface area contributed by atoms with E-state index in [1.165, 1.54) is 0 Å². The second kappa shape index (κ2) is 7.33. The molecule has 1 saturated heterocycles. The Morgan fingerprint density at radius 1 is 1.29 bits per heavy atom. The third-order valence-electron chi connectivity index (χ3n) is 3.38. The van der Waals surface area contributed by atoms with Crippen molar-refractivity contribution in [2.45, 2.75) is 6.42 Å². The Bertz CT molecular complexity index is 505. The van der Waals surface area contributed by atoms with E-state index in [-0.39, 0.29) is 11.3 Å². The van der Waals surface area contributed by atoms with Crippen molar-refractivity contribution < 1.29 is 18.3 Å². The van der Waals surface area contributed by atoms with E-state index in [1.54, 1.807) is 0 Å². The summed E-state index contributed by atoms with van der Waals surface area (Å²) in [4.78, 5) is 14.1. The molecule has 21 heavy (non-hydrogen) atoms. The van der Waals surface area contributed by atoms with Crippen molar-refractivity contribution in [1.29, 1.82) is 0 Å². The number of benzene rings is 1. The first kappa shape index (κ1) is 15.7. The highest BCUT2D eigenvalue weighted by molar-refractivity contribution is 5.99. The monoisotopic (exact) mass is 299 g/mol. The summed E-state index contributed by atoms with van der Waals surface area (Å²) in [5.74, 6) is -2.63. The van der Waals surface area contributed by atoms with Crippen LogP contribution in [0.1, 0.15) is 16.8 Å². The molecule has 1 amide bonds. The van der Waals surface area contributed by atoms with E-state index in [0.29, 0.717) is 6.54 Å². The molecule has 2 rings (SSSR count). The smallest absolute Gasteiger partial charge is 0.253 e. The molecular weight excluding hydrogens is 280 g/mol. The maximum absolute atomic E-state index is 13.1. The zero-order valence-corrected chi connectivity index (χ0v) is 11.7. The van der Waals surface area contributed by atoms with E-state index in [9.17, 15) is 13.6 Å². The lowest BCUT2D eigenvalue weighted by Gasteiger charge is -2.26. The molecule has 1 aliphatic rings.